The second-order valence-corrected chi connectivity index (χ2v) is 11.7. The lowest BCUT2D eigenvalue weighted by Gasteiger charge is -2.26. The van der Waals surface area contributed by atoms with Crippen LogP contribution in [0.1, 0.15) is 101 Å². The van der Waals surface area contributed by atoms with E-state index in [1.54, 1.807) is 11.8 Å². The largest absolute Gasteiger partial charge is 0.584 e. The molecule has 0 radical (unpaired) electrons. The topological polar surface area (TPSA) is 55.8 Å². The molecule has 0 unspecified atom stereocenters. The molecule has 6 heteroatoms. The molecule has 0 saturated heterocycles. The Morgan fingerprint density at radius 2 is 1.06 bits per heavy atom. The highest BCUT2D eigenvalue weighted by molar-refractivity contribution is 7.99. The monoisotopic (exact) mass is 504 g/mol. The molecule has 1 aliphatic rings. The Morgan fingerprint density at radius 3 is 1.44 bits per heavy atom. The van der Waals surface area contributed by atoms with Crippen molar-refractivity contribution in [2.24, 2.45) is 0 Å². The van der Waals surface area contributed by atoms with Gasteiger partial charge in [-0.1, -0.05) is 77.3 Å². The Morgan fingerprint density at radius 1 is 0.676 bits per heavy atom. The lowest BCUT2D eigenvalue weighted by Crippen LogP contribution is -2.09. The Hall–Kier alpha value is -1.42. The number of phosphoric ester groups is 1. The molecular formula is C28H41O4PS. The molecule has 1 aliphatic heterocycles. The first-order valence-corrected chi connectivity index (χ1v) is 15.4. The van der Waals surface area contributed by atoms with Gasteiger partial charge in [-0.3, -0.25) is 4.89 Å². The van der Waals surface area contributed by atoms with E-state index in [-0.39, 0.29) is 0 Å². The summed E-state index contributed by atoms with van der Waals surface area (Å²) in [6.45, 7) is 8.72. The summed E-state index contributed by atoms with van der Waals surface area (Å²) in [6.07, 6.45) is 12.3. The van der Waals surface area contributed by atoms with Gasteiger partial charge in [-0.05, 0) is 85.8 Å². The quantitative estimate of drug-likeness (QED) is 0.292. The third-order valence-corrected chi connectivity index (χ3v) is 8.13. The number of hydrogen-bond acceptors (Lipinski definition) is 4. The second kappa shape index (κ2) is 13.0. The molecule has 0 saturated carbocycles. The molecule has 0 aliphatic carbocycles. The maximum absolute atomic E-state index is 13.2. The first kappa shape index (κ1) is 27.2. The van der Waals surface area contributed by atoms with E-state index < -0.39 is 7.82 Å². The van der Waals surface area contributed by atoms with Crippen LogP contribution in [0.5, 0.6) is 11.5 Å². The molecule has 1 N–H and O–H groups in total. The van der Waals surface area contributed by atoms with Crippen LogP contribution in [0, 0.1) is 0 Å². The van der Waals surface area contributed by atoms with Crippen molar-refractivity contribution in [1.29, 1.82) is 0 Å². The Kier molecular flexibility index (Phi) is 10.4. The van der Waals surface area contributed by atoms with Crippen LogP contribution < -0.4 is 9.05 Å². The molecule has 0 atom stereocenters. The maximum atomic E-state index is 13.2. The zero-order chi connectivity index (χ0) is 24.6. The lowest BCUT2D eigenvalue weighted by atomic mass is 10.0. The number of benzene rings is 2. The normalized spacial score (nSPS) is 14.4. The van der Waals surface area contributed by atoms with Crippen LogP contribution in [-0.2, 0) is 30.2 Å². The zero-order valence-electron chi connectivity index (χ0n) is 21.3. The van der Waals surface area contributed by atoms with Crippen molar-refractivity contribution in [2.75, 3.05) is 0 Å². The lowest BCUT2D eigenvalue weighted by molar-refractivity contribution is 0.283. The summed E-state index contributed by atoms with van der Waals surface area (Å²) in [4.78, 5) is 12.6. The Balaban J connectivity index is 2.15. The van der Waals surface area contributed by atoms with Gasteiger partial charge in [0, 0.05) is 0 Å². The maximum Gasteiger partial charge on any atom is 0.584 e. The average Bonchev–Trinajstić information content (AvgIpc) is 2.80. The molecule has 1 heterocycles. The third-order valence-electron chi connectivity index (χ3n) is 6.25. The van der Waals surface area contributed by atoms with Crippen LogP contribution >= 0.6 is 19.6 Å². The molecule has 0 amide bonds. The fraction of sp³-hybridized carbons (Fsp3) is 0.571. The number of hydrogen-bond donors (Lipinski definition) is 1. The molecular weight excluding hydrogens is 463 g/mol. The van der Waals surface area contributed by atoms with Crippen LogP contribution in [0.4, 0.5) is 0 Å². The van der Waals surface area contributed by atoms with E-state index in [1.807, 2.05) is 0 Å². The van der Waals surface area contributed by atoms with Crippen molar-refractivity contribution in [3.05, 3.63) is 46.5 Å². The molecule has 0 spiro atoms. The van der Waals surface area contributed by atoms with E-state index in [0.717, 1.165) is 98.0 Å². The van der Waals surface area contributed by atoms with Gasteiger partial charge in [0.2, 0.25) is 0 Å². The minimum absolute atomic E-state index is 0.518. The summed E-state index contributed by atoms with van der Waals surface area (Å²) < 4.78 is 24.8. The fourth-order valence-corrected chi connectivity index (χ4v) is 6.57. The van der Waals surface area contributed by atoms with Gasteiger partial charge < -0.3 is 9.05 Å². The summed E-state index contributed by atoms with van der Waals surface area (Å²) in [6, 6.07) is 8.64. The smallest absolute Gasteiger partial charge is 0.394 e. The highest BCUT2D eigenvalue weighted by Crippen LogP contribution is 2.56. The number of unbranched alkanes of at least 4 members (excludes halogenated alkanes) is 4. The molecule has 34 heavy (non-hydrogen) atoms. The van der Waals surface area contributed by atoms with Gasteiger partial charge >= 0.3 is 7.82 Å². The summed E-state index contributed by atoms with van der Waals surface area (Å²) in [5.74, 6) is 1.04. The van der Waals surface area contributed by atoms with Gasteiger partial charge in [0.1, 0.15) is 11.5 Å². The van der Waals surface area contributed by atoms with E-state index in [2.05, 4.69) is 52.0 Å². The van der Waals surface area contributed by atoms with Gasteiger partial charge in [-0.15, -0.1) is 0 Å². The van der Waals surface area contributed by atoms with Crippen molar-refractivity contribution < 1.29 is 18.5 Å². The molecule has 0 bridgehead atoms. The summed E-state index contributed by atoms with van der Waals surface area (Å²) in [7, 11) is -4.33. The van der Waals surface area contributed by atoms with E-state index in [9.17, 15) is 9.46 Å². The van der Waals surface area contributed by atoms with E-state index in [1.165, 1.54) is 11.1 Å². The molecule has 0 fully saturated rings. The van der Waals surface area contributed by atoms with Crippen LogP contribution in [0.15, 0.2) is 34.1 Å². The van der Waals surface area contributed by atoms with Gasteiger partial charge in [-0.2, -0.15) is 0 Å². The molecule has 4 nitrogen and oxygen atoms in total. The molecule has 188 valence electrons. The van der Waals surface area contributed by atoms with Crippen LogP contribution in [0.3, 0.4) is 0 Å². The number of phosphoric acid groups is 1. The highest BCUT2D eigenvalue weighted by Gasteiger charge is 2.33. The van der Waals surface area contributed by atoms with Gasteiger partial charge in [0.15, 0.2) is 0 Å². The van der Waals surface area contributed by atoms with Crippen molar-refractivity contribution in [1.82, 2.24) is 0 Å². The summed E-state index contributed by atoms with van der Waals surface area (Å²) >= 11 is 1.63. The van der Waals surface area contributed by atoms with Gasteiger partial charge in [-0.25, -0.2) is 4.57 Å². The van der Waals surface area contributed by atoms with E-state index in [0.29, 0.717) is 11.5 Å². The summed E-state index contributed by atoms with van der Waals surface area (Å²) in [5, 5.41) is 0. The van der Waals surface area contributed by atoms with Gasteiger partial charge in [0.25, 0.3) is 0 Å². The number of rotatable bonds is 12. The first-order valence-electron chi connectivity index (χ1n) is 13.1. The molecule has 3 rings (SSSR count). The van der Waals surface area contributed by atoms with Crippen LogP contribution in [0.25, 0.3) is 0 Å². The average molecular weight is 505 g/mol. The predicted molar refractivity (Wildman–Crippen MR) is 143 cm³/mol. The predicted octanol–water partition coefficient (Wildman–Crippen LogP) is 9.08. The molecule has 0 aromatic heterocycles. The van der Waals surface area contributed by atoms with Crippen molar-refractivity contribution >= 4 is 19.6 Å². The second-order valence-electron chi connectivity index (χ2n) is 9.33. The molecule has 2 aromatic rings. The Bertz CT molecular complexity index is 929. The van der Waals surface area contributed by atoms with E-state index >= 15 is 0 Å². The Labute approximate surface area is 210 Å². The summed E-state index contributed by atoms with van der Waals surface area (Å²) in [5.41, 5.74) is 4.55. The standard InChI is InChI=1S/C28H41O4PS/c1-5-9-13-21-17-23(15-11-7-3)27-25(19-21)34-26-20-22(14-10-6-2)18-24(16-12-8-4)28(26)32-33(29,30)31-27/h17-20H,5-16H2,1-4H3,(H,29,30). The number of aryl methyl sites for hydroxylation is 4. The highest BCUT2D eigenvalue weighted by atomic mass is 32.2. The minimum Gasteiger partial charge on any atom is -0.394 e. The van der Waals surface area contributed by atoms with Crippen molar-refractivity contribution in [2.45, 2.75) is 115 Å². The SMILES string of the molecule is CCCCc1cc(CCCC)c2c(c1)Sc1cc(CCCC)cc(CCCC)c1OP(=O)(O)O2. The fourth-order valence-electron chi connectivity index (χ4n) is 4.33. The van der Waals surface area contributed by atoms with Crippen molar-refractivity contribution in [3.8, 4) is 11.5 Å². The number of fused-ring (bicyclic) bond motifs is 2. The molecule has 2 aromatic carbocycles. The van der Waals surface area contributed by atoms with Crippen LogP contribution in [0.2, 0.25) is 0 Å². The third kappa shape index (κ3) is 7.29. The zero-order valence-corrected chi connectivity index (χ0v) is 23.0. The minimum atomic E-state index is -4.33. The first-order chi connectivity index (χ1) is 16.4. The van der Waals surface area contributed by atoms with Gasteiger partial charge in [0.05, 0.1) is 9.79 Å². The van der Waals surface area contributed by atoms with Crippen LogP contribution in [-0.4, -0.2) is 4.89 Å². The van der Waals surface area contributed by atoms with Crippen molar-refractivity contribution in [3.63, 3.8) is 0 Å². The van der Waals surface area contributed by atoms with E-state index in [4.69, 9.17) is 9.05 Å².